The zero-order chi connectivity index (χ0) is 19.9. The van der Waals surface area contributed by atoms with Crippen molar-refractivity contribution in [3.63, 3.8) is 0 Å². The maximum absolute atomic E-state index is 13.2. The van der Waals surface area contributed by atoms with Crippen molar-refractivity contribution in [2.24, 2.45) is 0 Å². The Morgan fingerprint density at radius 1 is 0.889 bits per heavy atom. The molecule has 3 rings (SSSR count). The SMILES string of the molecule is CC1(C)c2ccccc2C(C)(C)N1S(=O)(=O)CCOC(=O)c1ccccc1. The van der Waals surface area contributed by atoms with E-state index < -0.39 is 27.1 Å². The lowest BCUT2D eigenvalue weighted by Crippen LogP contribution is -2.50. The summed E-state index contributed by atoms with van der Waals surface area (Å²) in [6, 6.07) is 16.4. The van der Waals surface area contributed by atoms with Crippen molar-refractivity contribution in [2.75, 3.05) is 12.4 Å². The number of carbonyl (C=O) groups is 1. The van der Waals surface area contributed by atoms with Gasteiger partial charge in [0, 0.05) is 0 Å². The summed E-state index contributed by atoms with van der Waals surface area (Å²) < 4.78 is 33.1. The molecule has 0 saturated heterocycles. The van der Waals surface area contributed by atoms with Crippen molar-refractivity contribution in [1.82, 2.24) is 4.31 Å². The van der Waals surface area contributed by atoms with E-state index in [-0.39, 0.29) is 12.4 Å². The molecule has 144 valence electrons. The molecule has 6 heteroatoms. The van der Waals surface area contributed by atoms with Gasteiger partial charge in [0.05, 0.1) is 22.4 Å². The average molecular weight is 388 g/mol. The van der Waals surface area contributed by atoms with Gasteiger partial charge in [-0.3, -0.25) is 0 Å². The summed E-state index contributed by atoms with van der Waals surface area (Å²) in [6.07, 6.45) is 0. The van der Waals surface area contributed by atoms with E-state index in [1.54, 1.807) is 34.6 Å². The molecule has 0 spiro atoms. The number of fused-ring (bicyclic) bond motifs is 1. The Labute approximate surface area is 161 Å². The molecule has 0 fully saturated rings. The molecule has 27 heavy (non-hydrogen) atoms. The number of sulfonamides is 1. The third-order valence-corrected chi connectivity index (χ3v) is 7.27. The van der Waals surface area contributed by atoms with Gasteiger partial charge in [-0.05, 0) is 51.0 Å². The summed E-state index contributed by atoms with van der Waals surface area (Å²) >= 11 is 0. The van der Waals surface area contributed by atoms with Crippen LogP contribution in [0.25, 0.3) is 0 Å². The van der Waals surface area contributed by atoms with E-state index in [2.05, 4.69) is 0 Å². The van der Waals surface area contributed by atoms with Crippen molar-refractivity contribution in [1.29, 1.82) is 0 Å². The van der Waals surface area contributed by atoms with E-state index in [1.165, 1.54) is 0 Å². The molecule has 0 bridgehead atoms. The topological polar surface area (TPSA) is 63.7 Å². The fraction of sp³-hybridized carbons (Fsp3) is 0.381. The summed E-state index contributed by atoms with van der Waals surface area (Å²) in [4.78, 5) is 12.1. The normalized spacial score (nSPS) is 18.1. The van der Waals surface area contributed by atoms with E-state index in [4.69, 9.17) is 4.74 Å². The first-order chi connectivity index (χ1) is 12.6. The lowest BCUT2D eigenvalue weighted by molar-refractivity contribution is 0.0526. The van der Waals surface area contributed by atoms with Gasteiger partial charge in [-0.15, -0.1) is 0 Å². The van der Waals surface area contributed by atoms with Crippen LogP contribution < -0.4 is 0 Å². The van der Waals surface area contributed by atoms with E-state index in [0.717, 1.165) is 11.1 Å². The fourth-order valence-electron chi connectivity index (χ4n) is 4.15. The maximum atomic E-state index is 13.2. The molecule has 1 aliphatic heterocycles. The highest BCUT2D eigenvalue weighted by atomic mass is 32.2. The van der Waals surface area contributed by atoms with Gasteiger partial charge in [0.2, 0.25) is 10.0 Å². The van der Waals surface area contributed by atoms with Gasteiger partial charge in [-0.25, -0.2) is 13.2 Å². The number of carbonyl (C=O) groups excluding carboxylic acids is 1. The van der Waals surface area contributed by atoms with Crippen LogP contribution >= 0.6 is 0 Å². The highest BCUT2D eigenvalue weighted by Gasteiger charge is 2.54. The largest absolute Gasteiger partial charge is 0.461 e. The monoisotopic (exact) mass is 387 g/mol. The van der Waals surface area contributed by atoms with Gasteiger partial charge < -0.3 is 4.74 Å². The first-order valence-corrected chi connectivity index (χ1v) is 10.5. The molecule has 0 amide bonds. The Bertz CT molecular complexity index is 914. The minimum Gasteiger partial charge on any atom is -0.461 e. The lowest BCUT2D eigenvalue weighted by atomic mass is 9.91. The Kier molecular flexibility index (Phi) is 4.91. The van der Waals surface area contributed by atoms with Crippen LogP contribution in [0.2, 0.25) is 0 Å². The number of esters is 1. The molecule has 0 N–H and O–H groups in total. The van der Waals surface area contributed by atoms with Gasteiger partial charge in [0.15, 0.2) is 0 Å². The molecule has 1 aliphatic rings. The van der Waals surface area contributed by atoms with Crippen LogP contribution in [0.5, 0.6) is 0 Å². The number of ether oxygens (including phenoxy) is 1. The second kappa shape index (κ2) is 6.77. The molecule has 0 atom stereocenters. The molecule has 0 saturated carbocycles. The first kappa shape index (κ1) is 19.6. The number of nitrogens with zero attached hydrogens (tertiary/aromatic N) is 1. The van der Waals surface area contributed by atoms with Crippen LogP contribution in [0.4, 0.5) is 0 Å². The van der Waals surface area contributed by atoms with Crippen LogP contribution in [0.3, 0.4) is 0 Å². The van der Waals surface area contributed by atoms with Crippen LogP contribution in [0.1, 0.15) is 49.2 Å². The average Bonchev–Trinajstić information content (AvgIpc) is 2.78. The summed E-state index contributed by atoms with van der Waals surface area (Å²) in [5.41, 5.74) is 1.05. The minimum atomic E-state index is -3.66. The van der Waals surface area contributed by atoms with Gasteiger partial charge in [0.25, 0.3) is 0 Å². The minimum absolute atomic E-state index is 0.185. The quantitative estimate of drug-likeness (QED) is 0.735. The number of rotatable bonds is 5. The maximum Gasteiger partial charge on any atom is 0.338 e. The molecule has 0 aliphatic carbocycles. The molecule has 2 aromatic rings. The molecule has 0 aromatic heterocycles. The van der Waals surface area contributed by atoms with E-state index in [9.17, 15) is 13.2 Å². The van der Waals surface area contributed by atoms with Crippen LogP contribution in [0.15, 0.2) is 54.6 Å². The third-order valence-electron chi connectivity index (χ3n) is 5.12. The Hall–Kier alpha value is -2.18. The Morgan fingerprint density at radius 2 is 1.37 bits per heavy atom. The summed E-state index contributed by atoms with van der Waals surface area (Å²) in [6.45, 7) is 7.46. The predicted octanol–water partition coefficient (Wildman–Crippen LogP) is 3.66. The lowest BCUT2D eigenvalue weighted by Gasteiger charge is -2.39. The van der Waals surface area contributed by atoms with Crippen LogP contribution in [-0.4, -0.2) is 31.1 Å². The van der Waals surface area contributed by atoms with Crippen molar-refractivity contribution >= 4 is 16.0 Å². The molecule has 0 unspecified atom stereocenters. The molecule has 1 heterocycles. The second-order valence-electron chi connectivity index (χ2n) is 7.75. The predicted molar refractivity (Wildman–Crippen MR) is 105 cm³/mol. The van der Waals surface area contributed by atoms with Gasteiger partial charge in [0.1, 0.15) is 6.61 Å². The second-order valence-corrected chi connectivity index (χ2v) is 9.68. The van der Waals surface area contributed by atoms with Crippen molar-refractivity contribution in [3.8, 4) is 0 Å². The zero-order valence-electron chi connectivity index (χ0n) is 16.1. The van der Waals surface area contributed by atoms with Crippen LogP contribution in [-0.2, 0) is 25.8 Å². The Balaban J connectivity index is 1.78. The highest BCUT2D eigenvalue weighted by molar-refractivity contribution is 7.89. The summed E-state index contributed by atoms with van der Waals surface area (Å²) in [5.74, 6) is -0.777. The number of hydrogen-bond acceptors (Lipinski definition) is 4. The van der Waals surface area contributed by atoms with Gasteiger partial charge >= 0.3 is 5.97 Å². The van der Waals surface area contributed by atoms with Crippen molar-refractivity contribution in [3.05, 3.63) is 71.3 Å². The first-order valence-electron chi connectivity index (χ1n) is 8.94. The highest BCUT2D eigenvalue weighted by Crippen LogP contribution is 2.50. The number of hydrogen-bond donors (Lipinski definition) is 0. The summed E-state index contributed by atoms with van der Waals surface area (Å²) in [5, 5.41) is 0. The molecule has 5 nitrogen and oxygen atoms in total. The van der Waals surface area contributed by atoms with E-state index in [0.29, 0.717) is 5.56 Å². The Morgan fingerprint density at radius 3 is 1.89 bits per heavy atom. The summed E-state index contributed by atoms with van der Waals surface area (Å²) in [7, 11) is -3.66. The molecular formula is C21H25NO4S. The van der Waals surface area contributed by atoms with Gasteiger partial charge in [-0.1, -0.05) is 42.5 Å². The fourth-order valence-corrected chi connectivity index (χ4v) is 6.22. The zero-order valence-corrected chi connectivity index (χ0v) is 16.9. The van der Waals surface area contributed by atoms with E-state index >= 15 is 0 Å². The smallest absolute Gasteiger partial charge is 0.338 e. The third kappa shape index (κ3) is 3.39. The van der Waals surface area contributed by atoms with Gasteiger partial charge in [-0.2, -0.15) is 4.31 Å². The molecule has 2 aromatic carbocycles. The molecule has 0 radical (unpaired) electrons. The van der Waals surface area contributed by atoms with Crippen molar-refractivity contribution < 1.29 is 17.9 Å². The number of benzene rings is 2. The van der Waals surface area contributed by atoms with Crippen LogP contribution in [0, 0.1) is 0 Å². The molecular weight excluding hydrogens is 362 g/mol. The standard InChI is InChI=1S/C21H25NO4S/c1-20(2)17-12-8-9-13-18(17)21(3,4)22(20)27(24,25)15-14-26-19(23)16-10-6-5-7-11-16/h5-13H,14-15H2,1-4H3. The van der Waals surface area contributed by atoms with Crippen molar-refractivity contribution in [2.45, 2.75) is 38.8 Å². The van der Waals surface area contributed by atoms with E-state index in [1.807, 2.05) is 52.0 Å².